The maximum Gasteiger partial charge on any atom is 0.256 e. The summed E-state index contributed by atoms with van der Waals surface area (Å²) in [6, 6.07) is 10.5. The summed E-state index contributed by atoms with van der Waals surface area (Å²) < 4.78 is 0. The minimum Gasteiger partial charge on any atom is -0.272 e. The molecule has 0 N–H and O–H groups in total. The van der Waals surface area contributed by atoms with Crippen molar-refractivity contribution >= 4 is 23.2 Å². The molecule has 0 aliphatic carbocycles. The molecular formula is C14H16ClNO. The van der Waals surface area contributed by atoms with Gasteiger partial charge in [-0.1, -0.05) is 31.0 Å². The smallest absolute Gasteiger partial charge is 0.256 e. The van der Waals surface area contributed by atoms with Crippen LogP contribution in [0.5, 0.6) is 0 Å². The number of aryl methyl sites for hydroxylation is 1. The molecule has 1 unspecified atom stereocenters. The average Bonchev–Trinajstić information content (AvgIpc) is 2.35. The van der Waals surface area contributed by atoms with Crippen molar-refractivity contribution < 1.29 is 4.79 Å². The molecule has 1 atom stereocenters. The molecule has 1 aromatic carbocycles. The predicted molar refractivity (Wildman–Crippen MR) is 72.1 cm³/mol. The molecule has 90 valence electrons. The average molecular weight is 250 g/mol. The fourth-order valence-electron chi connectivity index (χ4n) is 1.55. The zero-order valence-corrected chi connectivity index (χ0v) is 11.1. The van der Waals surface area contributed by atoms with Crippen molar-refractivity contribution in [3.8, 4) is 12.0 Å². The molecule has 0 aliphatic rings. The number of carbonyl (C=O) groups excluding carboxylic acids is 1. The van der Waals surface area contributed by atoms with Gasteiger partial charge in [0.05, 0.1) is 5.69 Å². The van der Waals surface area contributed by atoms with Gasteiger partial charge >= 0.3 is 0 Å². The van der Waals surface area contributed by atoms with E-state index in [9.17, 15) is 4.79 Å². The highest BCUT2D eigenvalue weighted by Crippen LogP contribution is 2.21. The monoisotopic (exact) mass is 249 g/mol. The Morgan fingerprint density at radius 1 is 1.47 bits per heavy atom. The molecule has 0 spiro atoms. The number of carbonyl (C=O) groups is 1. The Morgan fingerprint density at radius 2 is 2.12 bits per heavy atom. The Balaban J connectivity index is 3.21. The number of rotatable bonds is 3. The molecule has 0 fully saturated rings. The lowest BCUT2D eigenvalue weighted by molar-refractivity contribution is -0.117. The van der Waals surface area contributed by atoms with Crippen LogP contribution < -0.4 is 4.90 Å². The minimum absolute atomic E-state index is 0.193. The molecule has 0 saturated heterocycles. The van der Waals surface area contributed by atoms with Crippen LogP contribution >= 0.6 is 11.6 Å². The fourth-order valence-corrected chi connectivity index (χ4v) is 1.65. The van der Waals surface area contributed by atoms with Crippen molar-refractivity contribution in [2.75, 3.05) is 4.90 Å². The second-order valence-corrected chi connectivity index (χ2v) is 4.29. The van der Waals surface area contributed by atoms with Crippen LogP contribution in [0.15, 0.2) is 24.3 Å². The standard InChI is InChI=1S/C14H16ClNO/c1-4-10-16(14(17)11(3)15)13-9-7-6-8-12(13)5-2/h6-9,11H,5H2,1-3H3. The van der Waals surface area contributed by atoms with Gasteiger partial charge in [0.15, 0.2) is 0 Å². The third-order valence-corrected chi connectivity index (χ3v) is 2.58. The van der Waals surface area contributed by atoms with Gasteiger partial charge in [-0.25, -0.2) is 4.90 Å². The molecular weight excluding hydrogens is 234 g/mol. The summed E-state index contributed by atoms with van der Waals surface area (Å²) in [5.41, 5.74) is 1.91. The van der Waals surface area contributed by atoms with E-state index in [0.717, 1.165) is 17.7 Å². The lowest BCUT2D eigenvalue weighted by Crippen LogP contribution is -2.32. The van der Waals surface area contributed by atoms with Crippen LogP contribution in [0.3, 0.4) is 0 Å². The number of amides is 1. The lowest BCUT2D eigenvalue weighted by Gasteiger charge is -2.19. The summed E-state index contributed by atoms with van der Waals surface area (Å²) >= 11 is 5.85. The molecule has 0 radical (unpaired) electrons. The van der Waals surface area contributed by atoms with Gasteiger partial charge in [0, 0.05) is 6.04 Å². The van der Waals surface area contributed by atoms with Gasteiger partial charge in [-0.3, -0.25) is 4.79 Å². The van der Waals surface area contributed by atoms with E-state index in [-0.39, 0.29) is 5.91 Å². The molecule has 1 rings (SSSR count). The van der Waals surface area contributed by atoms with Crippen LogP contribution in [0, 0.1) is 12.0 Å². The third-order valence-electron chi connectivity index (χ3n) is 2.40. The van der Waals surface area contributed by atoms with Crippen LogP contribution in [-0.2, 0) is 11.2 Å². The second-order valence-electron chi connectivity index (χ2n) is 3.63. The summed E-state index contributed by atoms with van der Waals surface area (Å²) in [5, 5.41) is -0.583. The van der Waals surface area contributed by atoms with Crippen molar-refractivity contribution in [3.05, 3.63) is 29.8 Å². The van der Waals surface area contributed by atoms with Crippen LogP contribution in [0.25, 0.3) is 0 Å². The minimum atomic E-state index is -0.583. The number of para-hydroxylation sites is 1. The quantitative estimate of drug-likeness (QED) is 0.458. The fraction of sp³-hybridized carbons (Fsp3) is 0.357. The Hall–Kier alpha value is -1.46. The SMILES string of the molecule is CC#CN(C(=O)C(C)Cl)c1ccccc1CC. The van der Waals surface area contributed by atoms with Crippen LogP contribution in [0.1, 0.15) is 26.3 Å². The number of benzene rings is 1. The van der Waals surface area contributed by atoms with Crippen molar-refractivity contribution in [2.45, 2.75) is 32.6 Å². The van der Waals surface area contributed by atoms with E-state index in [1.807, 2.05) is 31.2 Å². The normalized spacial score (nSPS) is 11.3. The highest BCUT2D eigenvalue weighted by Gasteiger charge is 2.20. The molecule has 0 bridgehead atoms. The molecule has 1 aromatic rings. The molecule has 1 amide bonds. The zero-order valence-electron chi connectivity index (χ0n) is 10.3. The topological polar surface area (TPSA) is 20.3 Å². The van der Waals surface area contributed by atoms with E-state index in [1.165, 1.54) is 4.90 Å². The first-order valence-electron chi connectivity index (χ1n) is 5.60. The van der Waals surface area contributed by atoms with Gasteiger partial charge in [-0.15, -0.1) is 11.6 Å². The summed E-state index contributed by atoms with van der Waals surface area (Å²) in [7, 11) is 0. The van der Waals surface area contributed by atoms with E-state index in [2.05, 4.69) is 12.0 Å². The Bertz CT molecular complexity index is 457. The predicted octanol–water partition coefficient (Wildman–Crippen LogP) is 3.19. The van der Waals surface area contributed by atoms with Gasteiger partial charge in [-0.05, 0) is 31.9 Å². The largest absolute Gasteiger partial charge is 0.272 e. The zero-order chi connectivity index (χ0) is 12.8. The van der Waals surface area contributed by atoms with Crippen molar-refractivity contribution in [1.82, 2.24) is 0 Å². The van der Waals surface area contributed by atoms with Crippen molar-refractivity contribution in [1.29, 1.82) is 0 Å². The highest BCUT2D eigenvalue weighted by atomic mass is 35.5. The molecule has 17 heavy (non-hydrogen) atoms. The number of alkyl halides is 1. The molecule has 0 heterocycles. The number of halogens is 1. The van der Waals surface area contributed by atoms with Gasteiger partial charge in [0.2, 0.25) is 0 Å². The summed E-state index contributed by atoms with van der Waals surface area (Å²) in [4.78, 5) is 13.4. The summed E-state index contributed by atoms with van der Waals surface area (Å²) in [5.74, 6) is 2.56. The number of anilines is 1. The highest BCUT2D eigenvalue weighted by molar-refractivity contribution is 6.33. The second kappa shape index (κ2) is 6.32. The number of hydrogen-bond donors (Lipinski definition) is 0. The maximum absolute atomic E-state index is 12.0. The molecule has 0 aliphatic heterocycles. The number of nitrogens with zero attached hydrogens (tertiary/aromatic N) is 1. The maximum atomic E-state index is 12.0. The van der Waals surface area contributed by atoms with E-state index in [1.54, 1.807) is 13.8 Å². The number of hydrogen-bond acceptors (Lipinski definition) is 1. The van der Waals surface area contributed by atoms with Crippen LogP contribution in [0.4, 0.5) is 5.69 Å². The summed E-state index contributed by atoms with van der Waals surface area (Å²) in [6.07, 6.45) is 0.849. The first-order chi connectivity index (χ1) is 8.11. The lowest BCUT2D eigenvalue weighted by atomic mass is 10.1. The van der Waals surface area contributed by atoms with Crippen molar-refractivity contribution in [3.63, 3.8) is 0 Å². The Labute approximate surface area is 108 Å². The van der Waals surface area contributed by atoms with E-state index in [4.69, 9.17) is 11.6 Å². The first kappa shape index (κ1) is 13.6. The Kier molecular flexibility index (Phi) is 5.06. The molecule has 3 heteroatoms. The first-order valence-corrected chi connectivity index (χ1v) is 6.03. The Morgan fingerprint density at radius 3 is 2.65 bits per heavy atom. The van der Waals surface area contributed by atoms with E-state index in [0.29, 0.717) is 0 Å². The van der Waals surface area contributed by atoms with Gasteiger partial charge in [0.1, 0.15) is 5.38 Å². The summed E-state index contributed by atoms with van der Waals surface area (Å²) in [6.45, 7) is 5.40. The van der Waals surface area contributed by atoms with E-state index >= 15 is 0 Å². The van der Waals surface area contributed by atoms with Crippen molar-refractivity contribution in [2.24, 2.45) is 0 Å². The van der Waals surface area contributed by atoms with Gasteiger partial charge in [0.25, 0.3) is 5.91 Å². The molecule has 0 saturated carbocycles. The van der Waals surface area contributed by atoms with E-state index < -0.39 is 5.38 Å². The molecule has 0 aromatic heterocycles. The van der Waals surface area contributed by atoms with Gasteiger partial charge in [-0.2, -0.15) is 0 Å². The van der Waals surface area contributed by atoms with Gasteiger partial charge < -0.3 is 0 Å². The molecule has 2 nitrogen and oxygen atoms in total. The van der Waals surface area contributed by atoms with Crippen LogP contribution in [-0.4, -0.2) is 11.3 Å². The van der Waals surface area contributed by atoms with Crippen LogP contribution in [0.2, 0.25) is 0 Å². The third kappa shape index (κ3) is 3.25.